The van der Waals surface area contributed by atoms with Crippen LogP contribution in [0.25, 0.3) is 0 Å². The predicted molar refractivity (Wildman–Crippen MR) is 82.9 cm³/mol. The fourth-order valence-corrected chi connectivity index (χ4v) is 2.94. The van der Waals surface area contributed by atoms with E-state index in [1.807, 2.05) is 6.07 Å². The van der Waals surface area contributed by atoms with Crippen molar-refractivity contribution in [3.8, 4) is 0 Å². The summed E-state index contributed by atoms with van der Waals surface area (Å²) in [5.74, 6) is -0.891. The van der Waals surface area contributed by atoms with Gasteiger partial charge in [0.2, 0.25) is 0 Å². The third-order valence-electron chi connectivity index (χ3n) is 4.22. The Bertz CT molecular complexity index is 752. The summed E-state index contributed by atoms with van der Waals surface area (Å²) in [6, 6.07) is 12.2. The molecule has 3 rings (SSSR count). The second kappa shape index (κ2) is 6.28. The first-order chi connectivity index (χ1) is 11.3. The molecule has 1 aliphatic heterocycles. The number of carbonyl (C=O) groups is 1. The largest absolute Gasteiger partial charge is 0.478 e. The Hall–Kier alpha value is -2.34. The first-order valence-electron chi connectivity index (χ1n) is 7.54. The van der Waals surface area contributed by atoms with Gasteiger partial charge < -0.3 is 5.11 Å². The Morgan fingerprint density at radius 3 is 2.50 bits per heavy atom. The molecule has 0 aromatic heterocycles. The van der Waals surface area contributed by atoms with E-state index in [9.17, 15) is 18.0 Å². The minimum absolute atomic E-state index is 0.0787. The lowest BCUT2D eigenvalue weighted by atomic mass is 9.90. The minimum Gasteiger partial charge on any atom is -0.478 e. The van der Waals surface area contributed by atoms with Crippen molar-refractivity contribution in [3.05, 3.63) is 70.8 Å². The van der Waals surface area contributed by atoms with Crippen LogP contribution in [0.4, 0.5) is 13.2 Å². The molecule has 24 heavy (non-hydrogen) atoms. The first kappa shape index (κ1) is 16.5. The standard InChI is InChI=1S/C18H16F3NO2/c19-18(20,21)16-6-2-4-13(8-16)15-10-22(11-15)9-12-3-1-5-14(7-12)17(23)24/h1-8,15H,9-11H2,(H,23,24). The fourth-order valence-electron chi connectivity index (χ4n) is 2.94. The average Bonchev–Trinajstić information content (AvgIpc) is 2.50. The zero-order valence-corrected chi connectivity index (χ0v) is 12.8. The highest BCUT2D eigenvalue weighted by Crippen LogP contribution is 2.34. The Morgan fingerprint density at radius 1 is 1.12 bits per heavy atom. The molecular weight excluding hydrogens is 319 g/mol. The number of nitrogens with zero attached hydrogens (tertiary/aromatic N) is 1. The molecule has 0 atom stereocenters. The number of halogens is 3. The van der Waals surface area contributed by atoms with E-state index in [-0.39, 0.29) is 11.5 Å². The van der Waals surface area contributed by atoms with Gasteiger partial charge in [0, 0.05) is 25.6 Å². The third-order valence-corrected chi connectivity index (χ3v) is 4.22. The van der Waals surface area contributed by atoms with Crippen LogP contribution in [0.3, 0.4) is 0 Å². The third kappa shape index (κ3) is 3.59. The average molecular weight is 335 g/mol. The van der Waals surface area contributed by atoms with Crippen molar-refractivity contribution in [3.63, 3.8) is 0 Å². The van der Waals surface area contributed by atoms with Gasteiger partial charge in [-0.1, -0.05) is 30.3 Å². The van der Waals surface area contributed by atoms with Crippen molar-refractivity contribution in [1.82, 2.24) is 4.90 Å². The molecule has 6 heteroatoms. The SMILES string of the molecule is O=C(O)c1cccc(CN2CC(c3cccc(C(F)(F)F)c3)C2)c1. The van der Waals surface area contributed by atoms with Crippen LogP contribution in [0, 0.1) is 0 Å². The Kier molecular flexibility index (Phi) is 4.32. The molecule has 2 aromatic rings. The van der Waals surface area contributed by atoms with Crippen molar-refractivity contribution < 1.29 is 23.1 Å². The molecule has 0 radical (unpaired) electrons. The molecule has 0 amide bonds. The van der Waals surface area contributed by atoms with Crippen LogP contribution in [-0.4, -0.2) is 29.1 Å². The molecule has 126 valence electrons. The van der Waals surface area contributed by atoms with Crippen LogP contribution in [0.1, 0.15) is 33.0 Å². The lowest BCUT2D eigenvalue weighted by molar-refractivity contribution is -0.137. The van der Waals surface area contributed by atoms with Crippen molar-refractivity contribution >= 4 is 5.97 Å². The zero-order chi connectivity index (χ0) is 17.3. The van der Waals surface area contributed by atoms with Crippen molar-refractivity contribution in [2.24, 2.45) is 0 Å². The summed E-state index contributed by atoms with van der Waals surface area (Å²) in [5.41, 5.74) is 1.20. The molecule has 2 aromatic carbocycles. The molecule has 0 aliphatic carbocycles. The number of rotatable bonds is 4. The highest BCUT2D eigenvalue weighted by atomic mass is 19.4. The summed E-state index contributed by atoms with van der Waals surface area (Å²) in [4.78, 5) is 13.1. The van der Waals surface area contributed by atoms with Crippen molar-refractivity contribution in [1.29, 1.82) is 0 Å². The maximum absolute atomic E-state index is 12.8. The van der Waals surface area contributed by atoms with Gasteiger partial charge in [0.15, 0.2) is 0 Å². The van der Waals surface area contributed by atoms with E-state index in [0.717, 1.165) is 11.6 Å². The second-order valence-corrected chi connectivity index (χ2v) is 6.02. The van der Waals surface area contributed by atoms with Gasteiger partial charge in [-0.15, -0.1) is 0 Å². The van der Waals surface area contributed by atoms with Gasteiger partial charge in [-0.3, -0.25) is 4.90 Å². The quantitative estimate of drug-likeness (QED) is 0.918. The van der Waals surface area contributed by atoms with E-state index in [0.29, 0.717) is 25.2 Å². The maximum atomic E-state index is 12.8. The maximum Gasteiger partial charge on any atom is 0.416 e. The first-order valence-corrected chi connectivity index (χ1v) is 7.54. The van der Waals surface area contributed by atoms with Gasteiger partial charge in [-0.25, -0.2) is 4.79 Å². The van der Waals surface area contributed by atoms with E-state index in [1.165, 1.54) is 18.2 Å². The van der Waals surface area contributed by atoms with E-state index in [4.69, 9.17) is 5.11 Å². The van der Waals surface area contributed by atoms with Gasteiger partial charge >= 0.3 is 12.1 Å². The van der Waals surface area contributed by atoms with Gasteiger partial charge in [0.25, 0.3) is 0 Å². The molecule has 0 bridgehead atoms. The lowest BCUT2D eigenvalue weighted by Crippen LogP contribution is -2.44. The number of aromatic carboxylic acids is 1. The van der Waals surface area contributed by atoms with Gasteiger partial charge in [-0.2, -0.15) is 13.2 Å². The number of carboxylic acids is 1. The Labute approximate surface area is 137 Å². The normalized spacial score (nSPS) is 16.0. The molecule has 1 aliphatic rings. The number of carboxylic acid groups (broad SMARTS) is 1. The van der Waals surface area contributed by atoms with E-state index in [2.05, 4.69) is 4.90 Å². The number of hydrogen-bond acceptors (Lipinski definition) is 2. The minimum atomic E-state index is -4.32. The van der Waals surface area contributed by atoms with E-state index >= 15 is 0 Å². The molecule has 0 spiro atoms. The second-order valence-electron chi connectivity index (χ2n) is 6.02. The molecule has 1 saturated heterocycles. The lowest BCUT2D eigenvalue weighted by Gasteiger charge is -2.40. The molecule has 1 heterocycles. The Morgan fingerprint density at radius 2 is 1.83 bits per heavy atom. The summed E-state index contributed by atoms with van der Waals surface area (Å²) in [6.07, 6.45) is -4.32. The predicted octanol–water partition coefficient (Wildman–Crippen LogP) is 4.00. The van der Waals surface area contributed by atoms with Crippen LogP contribution < -0.4 is 0 Å². The summed E-state index contributed by atoms with van der Waals surface area (Å²) in [5, 5.41) is 8.99. The molecule has 1 N–H and O–H groups in total. The molecule has 3 nitrogen and oxygen atoms in total. The Balaban J connectivity index is 1.62. The van der Waals surface area contributed by atoms with Crippen molar-refractivity contribution in [2.75, 3.05) is 13.1 Å². The number of likely N-dealkylation sites (tertiary alicyclic amines) is 1. The van der Waals surface area contributed by atoms with E-state index in [1.54, 1.807) is 18.2 Å². The molecular formula is C18H16F3NO2. The number of hydrogen-bond donors (Lipinski definition) is 1. The topological polar surface area (TPSA) is 40.5 Å². The van der Waals surface area contributed by atoms with Gasteiger partial charge in [0.1, 0.15) is 0 Å². The fraction of sp³-hybridized carbons (Fsp3) is 0.278. The van der Waals surface area contributed by atoms with Crippen LogP contribution in [-0.2, 0) is 12.7 Å². The van der Waals surface area contributed by atoms with E-state index < -0.39 is 17.7 Å². The van der Waals surface area contributed by atoms with Gasteiger partial charge in [-0.05, 0) is 29.3 Å². The smallest absolute Gasteiger partial charge is 0.416 e. The van der Waals surface area contributed by atoms with Gasteiger partial charge in [0.05, 0.1) is 11.1 Å². The van der Waals surface area contributed by atoms with Crippen LogP contribution in [0.2, 0.25) is 0 Å². The number of benzene rings is 2. The van der Waals surface area contributed by atoms with Crippen LogP contribution >= 0.6 is 0 Å². The highest BCUT2D eigenvalue weighted by molar-refractivity contribution is 5.87. The molecule has 0 unspecified atom stereocenters. The molecule has 0 saturated carbocycles. The summed E-state index contributed by atoms with van der Waals surface area (Å²) in [7, 11) is 0. The highest BCUT2D eigenvalue weighted by Gasteiger charge is 2.33. The van der Waals surface area contributed by atoms with Crippen LogP contribution in [0.15, 0.2) is 48.5 Å². The number of alkyl halides is 3. The summed E-state index contributed by atoms with van der Waals surface area (Å²) < 4.78 is 38.3. The van der Waals surface area contributed by atoms with Crippen LogP contribution in [0.5, 0.6) is 0 Å². The summed E-state index contributed by atoms with van der Waals surface area (Å²) in [6.45, 7) is 1.92. The molecule has 1 fully saturated rings. The summed E-state index contributed by atoms with van der Waals surface area (Å²) >= 11 is 0. The zero-order valence-electron chi connectivity index (χ0n) is 12.8. The monoisotopic (exact) mass is 335 g/mol. The van der Waals surface area contributed by atoms with Crippen molar-refractivity contribution in [2.45, 2.75) is 18.6 Å².